The molecule has 0 aromatic carbocycles. The fourth-order valence-corrected chi connectivity index (χ4v) is 1.10. The summed E-state index contributed by atoms with van der Waals surface area (Å²) in [5.41, 5.74) is -1.12. The van der Waals surface area contributed by atoms with Crippen LogP contribution >= 0.6 is 0 Å². The van der Waals surface area contributed by atoms with Crippen LogP contribution in [-0.4, -0.2) is 4.98 Å². The molecule has 0 aliphatic rings. The number of nitriles is 2. The van der Waals surface area contributed by atoms with Gasteiger partial charge in [-0.3, -0.25) is 0 Å². The molecule has 0 bridgehead atoms. The van der Waals surface area contributed by atoms with Crippen LogP contribution in [0.15, 0.2) is 0 Å². The van der Waals surface area contributed by atoms with Crippen molar-refractivity contribution in [3.63, 3.8) is 0 Å². The Bertz CT molecular complexity index is 607. The molecule has 1 heterocycles. The average Bonchev–Trinajstić information content (AvgIpc) is 2.30. The van der Waals surface area contributed by atoms with E-state index in [1.807, 2.05) is 0 Å². The molecule has 0 radical (unpaired) electrons. The molecule has 0 aliphatic carbocycles. The van der Waals surface area contributed by atoms with Crippen molar-refractivity contribution < 1.29 is 4.39 Å². The molecule has 0 saturated carbocycles. The van der Waals surface area contributed by atoms with Crippen LogP contribution in [0.2, 0.25) is 0 Å². The Kier molecular flexibility index (Phi) is 3.13. The molecule has 1 rings (SSSR count). The van der Waals surface area contributed by atoms with Crippen LogP contribution in [0.3, 0.4) is 0 Å². The maximum Gasteiger partial charge on any atom is 0.283 e. The smallest absolute Gasteiger partial charge is 0.283 e. The Morgan fingerprint density at radius 2 is 2.00 bits per heavy atom. The number of hydrogen-bond donors (Lipinski definition) is 0. The molecule has 0 unspecified atom stereocenters. The van der Waals surface area contributed by atoms with Crippen molar-refractivity contribution in [3.8, 4) is 12.1 Å². The van der Waals surface area contributed by atoms with Crippen LogP contribution in [0.5, 0.6) is 0 Å². The number of halogens is 1. The zero-order chi connectivity index (χ0) is 12.1. The number of hydrogen-bond acceptors (Lipinski definition) is 3. The summed E-state index contributed by atoms with van der Waals surface area (Å²) < 4.78 is 13.5. The van der Waals surface area contributed by atoms with Crippen LogP contribution in [0, 0.1) is 41.6 Å². The standard InChI is InChI=1S/C10H2FN5/c1-14-5-7-6(3-12)9(11)8(4-13)16-10(7)15-2/h5H2. The van der Waals surface area contributed by atoms with Crippen molar-refractivity contribution >= 4 is 5.82 Å². The summed E-state index contributed by atoms with van der Waals surface area (Å²) in [6.45, 7) is 13.1. The van der Waals surface area contributed by atoms with Crippen LogP contribution in [-0.2, 0) is 6.54 Å². The van der Waals surface area contributed by atoms with Gasteiger partial charge in [0.15, 0.2) is 5.82 Å². The van der Waals surface area contributed by atoms with E-state index in [4.69, 9.17) is 23.7 Å². The highest BCUT2D eigenvalue weighted by Gasteiger charge is 2.23. The first-order valence-corrected chi connectivity index (χ1v) is 3.92. The lowest BCUT2D eigenvalue weighted by molar-refractivity contribution is 0.611. The van der Waals surface area contributed by atoms with Crippen LogP contribution in [0.1, 0.15) is 16.8 Å². The van der Waals surface area contributed by atoms with E-state index in [1.54, 1.807) is 6.07 Å². The Labute approximate surface area is 90.6 Å². The van der Waals surface area contributed by atoms with Gasteiger partial charge < -0.3 is 9.69 Å². The van der Waals surface area contributed by atoms with Crippen molar-refractivity contribution in [3.05, 3.63) is 45.5 Å². The third-order valence-corrected chi connectivity index (χ3v) is 1.78. The average molecular weight is 211 g/mol. The van der Waals surface area contributed by atoms with Gasteiger partial charge in [-0.05, 0) is 0 Å². The molecule has 0 atom stereocenters. The van der Waals surface area contributed by atoms with Crippen LogP contribution < -0.4 is 0 Å². The van der Waals surface area contributed by atoms with E-state index in [9.17, 15) is 4.39 Å². The monoisotopic (exact) mass is 211 g/mol. The number of rotatable bonds is 1. The molecule has 1 aromatic rings. The third kappa shape index (κ3) is 1.64. The fraction of sp³-hybridized carbons (Fsp3) is 0.100. The zero-order valence-electron chi connectivity index (χ0n) is 7.82. The zero-order valence-corrected chi connectivity index (χ0v) is 7.82. The largest absolute Gasteiger partial charge is 0.360 e. The molecule has 0 N–H and O–H groups in total. The normalized spacial score (nSPS) is 8.31. The van der Waals surface area contributed by atoms with E-state index in [-0.39, 0.29) is 17.9 Å². The minimum atomic E-state index is -1.07. The highest BCUT2D eigenvalue weighted by atomic mass is 19.1. The summed E-state index contributed by atoms with van der Waals surface area (Å²) in [5, 5.41) is 17.3. The first-order chi connectivity index (χ1) is 7.69. The van der Waals surface area contributed by atoms with Gasteiger partial charge in [-0.2, -0.15) is 14.9 Å². The Morgan fingerprint density at radius 1 is 1.31 bits per heavy atom. The topological polar surface area (TPSA) is 69.2 Å². The number of aromatic nitrogens is 1. The first kappa shape index (κ1) is 11.1. The minimum absolute atomic E-state index is 0.0657. The fourth-order valence-electron chi connectivity index (χ4n) is 1.10. The van der Waals surface area contributed by atoms with Crippen molar-refractivity contribution in [2.24, 2.45) is 0 Å². The minimum Gasteiger partial charge on any atom is -0.360 e. The van der Waals surface area contributed by atoms with E-state index in [2.05, 4.69) is 14.7 Å². The van der Waals surface area contributed by atoms with Gasteiger partial charge in [0.25, 0.3) is 11.5 Å². The van der Waals surface area contributed by atoms with E-state index in [0.717, 1.165) is 0 Å². The Hall–Kier alpha value is -2.96. The van der Waals surface area contributed by atoms with E-state index >= 15 is 0 Å². The second kappa shape index (κ2) is 4.51. The molecular weight excluding hydrogens is 209 g/mol. The van der Waals surface area contributed by atoms with Crippen molar-refractivity contribution in [2.45, 2.75) is 6.54 Å². The van der Waals surface area contributed by atoms with Gasteiger partial charge in [-0.25, -0.2) is 6.57 Å². The Morgan fingerprint density at radius 3 is 2.44 bits per heavy atom. The second-order valence-corrected chi connectivity index (χ2v) is 2.60. The summed E-state index contributed by atoms with van der Waals surface area (Å²) in [7, 11) is 0. The molecule has 0 fully saturated rings. The summed E-state index contributed by atoms with van der Waals surface area (Å²) in [4.78, 5) is 9.41. The summed E-state index contributed by atoms with van der Waals surface area (Å²) in [6.07, 6.45) is 0. The number of nitrogens with zero attached hydrogens (tertiary/aromatic N) is 5. The SMILES string of the molecule is [C-]#[N+]Cc1c([N+]#[C-])nc(C#N)c(F)c1C#N. The maximum absolute atomic E-state index is 13.5. The summed E-state index contributed by atoms with van der Waals surface area (Å²) >= 11 is 0. The van der Waals surface area contributed by atoms with Crippen molar-refractivity contribution in [1.82, 2.24) is 4.98 Å². The summed E-state index contributed by atoms with van der Waals surface area (Å²) in [6, 6.07) is 3.00. The van der Waals surface area contributed by atoms with Gasteiger partial charge in [0.05, 0.1) is 11.1 Å². The molecule has 5 nitrogen and oxygen atoms in total. The lowest BCUT2D eigenvalue weighted by Crippen LogP contribution is -2.00. The van der Waals surface area contributed by atoms with Crippen LogP contribution in [0.25, 0.3) is 9.69 Å². The lowest BCUT2D eigenvalue weighted by Gasteiger charge is -2.00. The Balaban J connectivity index is 3.70. The number of pyridine rings is 1. The first-order valence-electron chi connectivity index (χ1n) is 3.92. The van der Waals surface area contributed by atoms with Crippen molar-refractivity contribution in [1.29, 1.82) is 10.5 Å². The van der Waals surface area contributed by atoms with Gasteiger partial charge in [0.2, 0.25) is 6.54 Å². The van der Waals surface area contributed by atoms with E-state index in [0.29, 0.717) is 0 Å². The molecule has 0 amide bonds. The molecule has 74 valence electrons. The summed E-state index contributed by atoms with van der Waals surface area (Å²) in [5.74, 6) is -1.35. The molecule has 6 heteroatoms. The molecule has 0 saturated heterocycles. The molecule has 0 spiro atoms. The van der Waals surface area contributed by atoms with Gasteiger partial charge in [-0.1, -0.05) is 6.57 Å². The quantitative estimate of drug-likeness (QED) is 0.666. The van der Waals surface area contributed by atoms with Gasteiger partial charge >= 0.3 is 0 Å². The molecule has 0 aliphatic heterocycles. The van der Waals surface area contributed by atoms with E-state index < -0.39 is 17.1 Å². The van der Waals surface area contributed by atoms with Crippen LogP contribution in [0.4, 0.5) is 10.2 Å². The highest BCUT2D eigenvalue weighted by molar-refractivity contribution is 5.57. The second-order valence-electron chi connectivity index (χ2n) is 2.60. The van der Waals surface area contributed by atoms with Gasteiger partial charge in [-0.15, -0.1) is 4.98 Å². The van der Waals surface area contributed by atoms with Crippen molar-refractivity contribution in [2.75, 3.05) is 0 Å². The predicted molar refractivity (Wildman–Crippen MR) is 50.2 cm³/mol. The highest BCUT2D eigenvalue weighted by Crippen LogP contribution is 2.25. The molecule has 1 aromatic heterocycles. The predicted octanol–water partition coefficient (Wildman–Crippen LogP) is 1.93. The lowest BCUT2D eigenvalue weighted by atomic mass is 10.1. The van der Waals surface area contributed by atoms with E-state index in [1.165, 1.54) is 6.07 Å². The van der Waals surface area contributed by atoms with Gasteiger partial charge in [0.1, 0.15) is 12.1 Å². The maximum atomic E-state index is 13.5. The molecular formula is C10H2FN5. The third-order valence-electron chi connectivity index (χ3n) is 1.78. The molecule has 16 heavy (non-hydrogen) atoms. The van der Waals surface area contributed by atoms with Gasteiger partial charge in [0, 0.05) is 0 Å².